The summed E-state index contributed by atoms with van der Waals surface area (Å²) in [7, 11) is 0. The van der Waals surface area contributed by atoms with Crippen LogP contribution in [0.4, 0.5) is 0 Å². The first kappa shape index (κ1) is 7.25. The van der Waals surface area contributed by atoms with Gasteiger partial charge in [0.25, 0.3) is 0 Å². The lowest BCUT2D eigenvalue weighted by molar-refractivity contribution is -0.185. The zero-order valence-electron chi connectivity index (χ0n) is 6.75. The van der Waals surface area contributed by atoms with Gasteiger partial charge in [-0.2, -0.15) is 5.06 Å². The largest absolute Gasteiger partial charge is 0.300 e. The molecule has 2 saturated heterocycles. The maximum absolute atomic E-state index is 10.6. The quantitative estimate of drug-likeness (QED) is 0.523. The molecule has 0 aromatic carbocycles. The zero-order chi connectivity index (χ0) is 7.90. The third-order valence-corrected chi connectivity index (χ3v) is 2.54. The van der Waals surface area contributed by atoms with E-state index in [0.717, 1.165) is 19.3 Å². The van der Waals surface area contributed by atoms with E-state index in [2.05, 4.69) is 0 Å². The van der Waals surface area contributed by atoms with Gasteiger partial charge in [-0.15, -0.1) is 0 Å². The van der Waals surface area contributed by atoms with Crippen molar-refractivity contribution >= 4 is 6.29 Å². The third kappa shape index (κ3) is 1.08. The Morgan fingerprint density at radius 2 is 2.55 bits per heavy atom. The summed E-state index contributed by atoms with van der Waals surface area (Å²) in [6.07, 6.45) is 4.19. The summed E-state index contributed by atoms with van der Waals surface area (Å²) in [6.45, 7) is 2.85. The number of hydrogen-bond donors (Lipinski definition) is 0. The number of fused-ring (bicyclic) bond motifs is 1. The van der Waals surface area contributed by atoms with Crippen molar-refractivity contribution in [2.24, 2.45) is 0 Å². The normalized spacial score (nSPS) is 44.3. The predicted octanol–water partition coefficient (Wildman–Crippen LogP) is 0.744. The Morgan fingerprint density at radius 3 is 3.18 bits per heavy atom. The van der Waals surface area contributed by atoms with Crippen LogP contribution in [0.25, 0.3) is 0 Å². The Labute approximate surface area is 66.3 Å². The van der Waals surface area contributed by atoms with Gasteiger partial charge in [0.2, 0.25) is 0 Å². The zero-order valence-corrected chi connectivity index (χ0v) is 6.75. The van der Waals surface area contributed by atoms with Crippen LogP contribution in [-0.4, -0.2) is 29.5 Å². The van der Waals surface area contributed by atoms with Crippen LogP contribution in [0.15, 0.2) is 0 Å². The fraction of sp³-hybridized carbons (Fsp3) is 0.875. The van der Waals surface area contributed by atoms with Crippen LogP contribution in [0.2, 0.25) is 0 Å². The molecule has 2 heterocycles. The van der Waals surface area contributed by atoms with E-state index in [-0.39, 0.29) is 0 Å². The maximum atomic E-state index is 10.6. The SMILES string of the molecule is C[C@@]1(C=O)C[C@H]2CCCN2O1. The van der Waals surface area contributed by atoms with Gasteiger partial charge in [-0.25, -0.2) is 0 Å². The topological polar surface area (TPSA) is 29.5 Å². The van der Waals surface area contributed by atoms with Gasteiger partial charge in [0.05, 0.1) is 0 Å². The van der Waals surface area contributed by atoms with E-state index in [1.807, 2.05) is 12.0 Å². The van der Waals surface area contributed by atoms with Gasteiger partial charge in [0.1, 0.15) is 5.60 Å². The van der Waals surface area contributed by atoms with Gasteiger partial charge in [-0.05, 0) is 19.8 Å². The van der Waals surface area contributed by atoms with Gasteiger partial charge in [0.15, 0.2) is 6.29 Å². The van der Waals surface area contributed by atoms with Crippen molar-refractivity contribution < 1.29 is 9.63 Å². The smallest absolute Gasteiger partial charge is 0.153 e. The molecule has 0 aromatic heterocycles. The molecule has 3 nitrogen and oxygen atoms in total. The lowest BCUT2D eigenvalue weighted by atomic mass is 9.99. The second-order valence-corrected chi connectivity index (χ2v) is 3.66. The number of hydroxylamine groups is 2. The van der Waals surface area contributed by atoms with Crippen LogP contribution >= 0.6 is 0 Å². The lowest BCUT2D eigenvalue weighted by Gasteiger charge is -2.17. The van der Waals surface area contributed by atoms with Crippen LogP contribution in [0.3, 0.4) is 0 Å². The molecule has 2 aliphatic rings. The summed E-state index contributed by atoms with van der Waals surface area (Å²) >= 11 is 0. The number of carbonyl (C=O) groups excluding carboxylic acids is 1. The van der Waals surface area contributed by atoms with Gasteiger partial charge in [0, 0.05) is 19.0 Å². The Morgan fingerprint density at radius 1 is 1.73 bits per heavy atom. The first-order valence-electron chi connectivity index (χ1n) is 4.16. The number of aldehydes is 1. The lowest BCUT2D eigenvalue weighted by Crippen LogP contribution is -2.28. The van der Waals surface area contributed by atoms with Crippen molar-refractivity contribution in [1.29, 1.82) is 0 Å². The second kappa shape index (κ2) is 2.29. The predicted molar refractivity (Wildman–Crippen MR) is 39.9 cm³/mol. The third-order valence-electron chi connectivity index (χ3n) is 2.54. The highest BCUT2D eigenvalue weighted by Crippen LogP contribution is 2.35. The van der Waals surface area contributed by atoms with E-state index in [0.29, 0.717) is 6.04 Å². The Hall–Kier alpha value is -0.410. The van der Waals surface area contributed by atoms with Gasteiger partial charge in [-0.1, -0.05) is 0 Å². The molecule has 2 aliphatic heterocycles. The van der Waals surface area contributed by atoms with E-state index in [9.17, 15) is 4.79 Å². The average Bonchev–Trinajstić information content (AvgIpc) is 2.46. The fourth-order valence-electron chi connectivity index (χ4n) is 1.98. The minimum absolute atomic E-state index is 0.505. The minimum Gasteiger partial charge on any atom is -0.300 e. The van der Waals surface area contributed by atoms with Crippen LogP contribution < -0.4 is 0 Å². The average molecular weight is 155 g/mol. The van der Waals surface area contributed by atoms with Crippen LogP contribution in [0, 0.1) is 0 Å². The van der Waals surface area contributed by atoms with E-state index in [1.54, 1.807) is 0 Å². The molecule has 0 N–H and O–H groups in total. The molecule has 0 amide bonds. The van der Waals surface area contributed by atoms with E-state index < -0.39 is 5.60 Å². The first-order valence-corrected chi connectivity index (χ1v) is 4.16. The van der Waals surface area contributed by atoms with Crippen molar-refractivity contribution in [3.63, 3.8) is 0 Å². The molecule has 3 heteroatoms. The summed E-state index contributed by atoms with van der Waals surface area (Å²) in [5.74, 6) is 0. The molecule has 0 bridgehead atoms. The highest BCUT2D eigenvalue weighted by Gasteiger charge is 2.44. The number of carbonyl (C=O) groups is 1. The molecule has 2 fully saturated rings. The molecule has 0 unspecified atom stereocenters. The number of nitrogens with zero attached hydrogens (tertiary/aromatic N) is 1. The van der Waals surface area contributed by atoms with E-state index in [4.69, 9.17) is 4.84 Å². The van der Waals surface area contributed by atoms with Crippen molar-refractivity contribution in [2.45, 2.75) is 37.8 Å². The summed E-state index contributed by atoms with van der Waals surface area (Å²) in [6, 6.07) is 0.505. The van der Waals surface area contributed by atoms with Gasteiger partial charge >= 0.3 is 0 Å². The van der Waals surface area contributed by atoms with Crippen molar-refractivity contribution in [1.82, 2.24) is 5.06 Å². The molecule has 2 rings (SSSR count). The number of rotatable bonds is 1. The molecule has 0 spiro atoms. The van der Waals surface area contributed by atoms with E-state index >= 15 is 0 Å². The van der Waals surface area contributed by atoms with E-state index in [1.165, 1.54) is 12.8 Å². The molecular weight excluding hydrogens is 142 g/mol. The Balaban J connectivity index is 2.09. The molecule has 62 valence electrons. The number of hydrogen-bond acceptors (Lipinski definition) is 3. The highest BCUT2D eigenvalue weighted by molar-refractivity contribution is 5.62. The molecule has 11 heavy (non-hydrogen) atoms. The Kier molecular flexibility index (Phi) is 1.51. The fourth-order valence-corrected chi connectivity index (χ4v) is 1.98. The van der Waals surface area contributed by atoms with Crippen LogP contribution in [0.5, 0.6) is 0 Å². The van der Waals surface area contributed by atoms with Gasteiger partial charge in [-0.3, -0.25) is 4.84 Å². The van der Waals surface area contributed by atoms with Crippen molar-refractivity contribution in [3.05, 3.63) is 0 Å². The monoisotopic (exact) mass is 155 g/mol. The summed E-state index contributed by atoms with van der Waals surface area (Å²) in [5.41, 5.74) is -0.523. The standard InChI is InChI=1S/C8H13NO2/c1-8(6-10)5-7-3-2-4-9(7)11-8/h6-7H,2-5H2,1H3/t7-,8+/m1/s1. The van der Waals surface area contributed by atoms with Crippen molar-refractivity contribution in [3.8, 4) is 0 Å². The second-order valence-electron chi connectivity index (χ2n) is 3.66. The summed E-state index contributed by atoms with van der Waals surface area (Å²) in [4.78, 5) is 16.1. The Bertz CT molecular complexity index is 169. The minimum atomic E-state index is -0.523. The highest BCUT2D eigenvalue weighted by atomic mass is 16.7. The molecule has 0 saturated carbocycles. The van der Waals surface area contributed by atoms with Gasteiger partial charge < -0.3 is 4.79 Å². The van der Waals surface area contributed by atoms with Crippen LogP contribution in [-0.2, 0) is 9.63 Å². The molecular formula is C8H13NO2. The first-order chi connectivity index (χ1) is 5.23. The van der Waals surface area contributed by atoms with Crippen LogP contribution in [0.1, 0.15) is 26.2 Å². The molecule has 2 atom stereocenters. The summed E-state index contributed by atoms with van der Waals surface area (Å²) < 4.78 is 0. The summed E-state index contributed by atoms with van der Waals surface area (Å²) in [5, 5.41) is 1.97. The molecule has 0 radical (unpaired) electrons. The molecule has 0 aromatic rings. The van der Waals surface area contributed by atoms with Crippen molar-refractivity contribution in [2.75, 3.05) is 6.54 Å². The maximum Gasteiger partial charge on any atom is 0.153 e. The molecule has 0 aliphatic carbocycles.